The number of benzene rings is 3. The zero-order valence-electron chi connectivity index (χ0n) is 18.0. The van der Waals surface area contributed by atoms with Gasteiger partial charge in [-0.2, -0.15) is 0 Å². The monoisotopic (exact) mass is 560 g/mol. The molecule has 34 heavy (non-hydrogen) atoms. The van der Waals surface area contributed by atoms with E-state index in [-0.39, 0.29) is 18.3 Å². The maximum atomic E-state index is 13.1. The van der Waals surface area contributed by atoms with Gasteiger partial charge in [0.05, 0.1) is 17.2 Å². The Bertz CT molecular complexity index is 1280. The third kappa shape index (κ3) is 6.00. The van der Waals surface area contributed by atoms with Crippen molar-refractivity contribution < 1.29 is 18.7 Å². The zero-order chi connectivity index (χ0) is 24.1. The van der Waals surface area contributed by atoms with Crippen LogP contribution < -0.4 is 14.8 Å². The van der Waals surface area contributed by atoms with Gasteiger partial charge < -0.3 is 14.8 Å². The second-order valence-electron chi connectivity index (χ2n) is 7.09. The molecule has 0 bridgehead atoms. The number of amidine groups is 1. The SMILES string of the molecule is CCOc1cc(/C=C2/SC(=Nc3ccc(F)cc3)NC2=O)c(Br)cc1OCc1ccccc1Cl. The molecule has 0 radical (unpaired) electrons. The van der Waals surface area contributed by atoms with Crippen molar-refractivity contribution in [1.82, 2.24) is 5.32 Å². The molecule has 1 aliphatic heterocycles. The minimum atomic E-state index is -0.345. The average molecular weight is 562 g/mol. The van der Waals surface area contributed by atoms with Crippen LogP contribution in [0.3, 0.4) is 0 Å². The van der Waals surface area contributed by atoms with Gasteiger partial charge in [-0.1, -0.05) is 45.7 Å². The largest absolute Gasteiger partial charge is 0.490 e. The van der Waals surface area contributed by atoms with E-state index in [1.807, 2.05) is 37.3 Å². The molecule has 0 aromatic heterocycles. The van der Waals surface area contributed by atoms with Crippen molar-refractivity contribution in [3.63, 3.8) is 0 Å². The highest BCUT2D eigenvalue weighted by atomic mass is 79.9. The molecule has 0 unspecified atom stereocenters. The van der Waals surface area contributed by atoms with E-state index in [1.165, 1.54) is 23.9 Å². The summed E-state index contributed by atoms with van der Waals surface area (Å²) >= 11 is 11.0. The van der Waals surface area contributed by atoms with Crippen LogP contribution in [0.15, 0.2) is 75.0 Å². The fourth-order valence-electron chi connectivity index (χ4n) is 3.07. The first-order chi connectivity index (χ1) is 16.4. The molecule has 9 heteroatoms. The summed E-state index contributed by atoms with van der Waals surface area (Å²) in [6.45, 7) is 2.62. The van der Waals surface area contributed by atoms with Gasteiger partial charge in [-0.15, -0.1) is 0 Å². The van der Waals surface area contributed by atoms with Crippen LogP contribution in [0, 0.1) is 5.82 Å². The molecule has 1 heterocycles. The lowest BCUT2D eigenvalue weighted by molar-refractivity contribution is -0.115. The van der Waals surface area contributed by atoms with Gasteiger partial charge >= 0.3 is 0 Å². The minimum Gasteiger partial charge on any atom is -0.490 e. The summed E-state index contributed by atoms with van der Waals surface area (Å²) < 4.78 is 25.6. The second-order valence-corrected chi connectivity index (χ2v) is 9.38. The van der Waals surface area contributed by atoms with E-state index in [4.69, 9.17) is 21.1 Å². The summed E-state index contributed by atoms with van der Waals surface area (Å²) in [7, 11) is 0. The van der Waals surface area contributed by atoms with Gasteiger partial charge in [-0.05, 0) is 72.8 Å². The molecule has 174 valence electrons. The molecule has 1 saturated heterocycles. The van der Waals surface area contributed by atoms with Gasteiger partial charge in [0.15, 0.2) is 16.7 Å². The Hall–Kier alpha value is -2.81. The van der Waals surface area contributed by atoms with Gasteiger partial charge in [0.1, 0.15) is 12.4 Å². The second kappa shape index (κ2) is 11.1. The molecular weight excluding hydrogens is 543 g/mol. The quantitative estimate of drug-likeness (QED) is 0.312. The number of thioether (sulfide) groups is 1. The van der Waals surface area contributed by atoms with Crippen LogP contribution in [-0.4, -0.2) is 17.7 Å². The number of hydrogen-bond donors (Lipinski definition) is 1. The van der Waals surface area contributed by atoms with Gasteiger partial charge in [0.25, 0.3) is 5.91 Å². The molecule has 1 amide bonds. The van der Waals surface area contributed by atoms with Crippen LogP contribution >= 0.6 is 39.3 Å². The Labute approximate surface area is 214 Å². The van der Waals surface area contributed by atoms with Crippen LogP contribution in [0.25, 0.3) is 6.08 Å². The Balaban J connectivity index is 1.56. The summed E-state index contributed by atoms with van der Waals surface area (Å²) in [6, 6.07) is 16.8. The van der Waals surface area contributed by atoms with Gasteiger partial charge in [0, 0.05) is 15.1 Å². The number of halogens is 3. The van der Waals surface area contributed by atoms with E-state index in [0.717, 1.165) is 15.6 Å². The van der Waals surface area contributed by atoms with Crippen molar-refractivity contribution in [1.29, 1.82) is 0 Å². The fourth-order valence-corrected chi connectivity index (χ4v) is 4.53. The molecule has 1 aliphatic rings. The van der Waals surface area contributed by atoms with Crippen molar-refractivity contribution in [3.05, 3.63) is 92.0 Å². The highest BCUT2D eigenvalue weighted by Crippen LogP contribution is 2.37. The van der Waals surface area contributed by atoms with E-state index in [2.05, 4.69) is 26.2 Å². The van der Waals surface area contributed by atoms with Gasteiger partial charge in [0.2, 0.25) is 0 Å². The number of carbonyl (C=O) groups excluding carboxylic acids is 1. The van der Waals surface area contributed by atoms with Crippen LogP contribution in [0.2, 0.25) is 5.02 Å². The Kier molecular flexibility index (Phi) is 7.92. The summed E-state index contributed by atoms with van der Waals surface area (Å²) in [5.41, 5.74) is 2.15. The van der Waals surface area contributed by atoms with Crippen molar-refractivity contribution in [2.75, 3.05) is 6.61 Å². The van der Waals surface area contributed by atoms with Crippen LogP contribution in [0.1, 0.15) is 18.1 Å². The molecule has 0 aliphatic carbocycles. The number of nitrogens with one attached hydrogen (secondary N) is 1. The first-order valence-electron chi connectivity index (χ1n) is 10.3. The summed E-state index contributed by atoms with van der Waals surface area (Å²) in [5.74, 6) is 0.489. The number of aliphatic imine (C=N–C) groups is 1. The summed E-state index contributed by atoms with van der Waals surface area (Å²) in [4.78, 5) is 17.3. The van der Waals surface area contributed by atoms with Crippen molar-refractivity contribution >= 4 is 62.1 Å². The standard InChI is InChI=1S/C25H19BrClFN2O3S/c1-2-32-21-11-16(19(26)13-22(21)33-14-15-5-3-4-6-20(15)27)12-23-24(31)30-25(34-23)29-18-9-7-17(28)8-10-18/h3-13H,2,14H2,1H3,(H,29,30,31)/b23-12+. The third-order valence-corrected chi connectivity index (χ3v) is 6.66. The van der Waals surface area contributed by atoms with Crippen molar-refractivity contribution in [2.45, 2.75) is 13.5 Å². The fraction of sp³-hybridized carbons (Fsp3) is 0.120. The van der Waals surface area contributed by atoms with E-state index in [1.54, 1.807) is 24.3 Å². The van der Waals surface area contributed by atoms with Crippen LogP contribution in [0.4, 0.5) is 10.1 Å². The topological polar surface area (TPSA) is 59.9 Å². The number of hydrogen-bond acceptors (Lipinski definition) is 5. The molecular formula is C25H19BrClFN2O3S. The number of nitrogens with zero attached hydrogens (tertiary/aromatic N) is 1. The van der Waals surface area contributed by atoms with E-state index in [0.29, 0.717) is 38.9 Å². The van der Waals surface area contributed by atoms with Crippen LogP contribution in [-0.2, 0) is 11.4 Å². The minimum absolute atomic E-state index is 0.269. The highest BCUT2D eigenvalue weighted by Gasteiger charge is 2.24. The zero-order valence-corrected chi connectivity index (χ0v) is 21.1. The maximum Gasteiger partial charge on any atom is 0.264 e. The number of carbonyl (C=O) groups is 1. The Morgan fingerprint density at radius 3 is 2.59 bits per heavy atom. The third-order valence-electron chi connectivity index (χ3n) is 4.70. The molecule has 3 aromatic rings. The first-order valence-corrected chi connectivity index (χ1v) is 12.3. The molecule has 0 spiro atoms. The molecule has 3 aromatic carbocycles. The molecule has 1 N–H and O–H groups in total. The van der Waals surface area contributed by atoms with E-state index < -0.39 is 0 Å². The number of ether oxygens (including phenoxy) is 2. The lowest BCUT2D eigenvalue weighted by Gasteiger charge is -2.14. The number of rotatable bonds is 7. The van der Waals surface area contributed by atoms with E-state index >= 15 is 0 Å². The molecule has 1 fully saturated rings. The van der Waals surface area contributed by atoms with Gasteiger partial charge in [-0.3, -0.25) is 4.79 Å². The van der Waals surface area contributed by atoms with E-state index in [9.17, 15) is 9.18 Å². The first kappa shape index (κ1) is 24.3. The summed E-state index contributed by atoms with van der Waals surface area (Å²) in [5, 5.41) is 3.78. The smallest absolute Gasteiger partial charge is 0.264 e. The predicted octanol–water partition coefficient (Wildman–Crippen LogP) is 7.11. The Morgan fingerprint density at radius 2 is 1.85 bits per heavy atom. The van der Waals surface area contributed by atoms with Crippen LogP contribution in [0.5, 0.6) is 11.5 Å². The normalized spacial score (nSPS) is 15.6. The van der Waals surface area contributed by atoms with Crippen molar-refractivity contribution in [2.24, 2.45) is 4.99 Å². The molecule has 4 rings (SSSR count). The average Bonchev–Trinajstić information content (AvgIpc) is 3.16. The predicted molar refractivity (Wildman–Crippen MR) is 138 cm³/mol. The van der Waals surface area contributed by atoms with Gasteiger partial charge in [-0.25, -0.2) is 9.38 Å². The lowest BCUT2D eigenvalue weighted by Crippen LogP contribution is -2.19. The Morgan fingerprint density at radius 1 is 1.12 bits per heavy atom. The lowest BCUT2D eigenvalue weighted by atomic mass is 10.1. The molecule has 0 atom stereocenters. The molecule has 0 saturated carbocycles. The summed E-state index contributed by atoms with van der Waals surface area (Å²) in [6.07, 6.45) is 1.75. The highest BCUT2D eigenvalue weighted by molar-refractivity contribution is 9.10. The van der Waals surface area contributed by atoms with Crippen molar-refractivity contribution in [3.8, 4) is 11.5 Å². The molecule has 5 nitrogen and oxygen atoms in total. The maximum absolute atomic E-state index is 13.1. The number of amides is 1.